The summed E-state index contributed by atoms with van der Waals surface area (Å²) in [6.07, 6.45) is 0. The Labute approximate surface area is 174 Å². The van der Waals surface area contributed by atoms with Crippen molar-refractivity contribution in [3.05, 3.63) is 121 Å². The fraction of sp³-hybridized carbons (Fsp3) is 0. The molecule has 144 valence electrons. The molecule has 3 nitrogen and oxygen atoms in total. The molecule has 0 saturated carbocycles. The molecule has 0 aliphatic carbocycles. The first-order valence-corrected chi connectivity index (χ1v) is 14.5. The summed E-state index contributed by atoms with van der Waals surface area (Å²) in [5.74, 6) is 0. The van der Waals surface area contributed by atoms with Gasteiger partial charge in [0.25, 0.3) is 0 Å². The molecule has 4 aromatic carbocycles. The second-order valence-electron chi connectivity index (χ2n) is 6.70. The van der Waals surface area contributed by atoms with Crippen LogP contribution in [-0.2, 0) is 7.15 Å². The SMILES string of the molecule is O=[As]([O-])(O[Si](c1ccccc1)(c1ccccc1)c1ccccc1)c1ccccc1. The van der Waals surface area contributed by atoms with Crippen LogP contribution < -0.4 is 24.0 Å². The van der Waals surface area contributed by atoms with Crippen molar-refractivity contribution < 1.29 is 11.3 Å². The Hall–Kier alpha value is -2.62. The van der Waals surface area contributed by atoms with E-state index in [4.69, 9.17) is 3.42 Å². The molecule has 1 unspecified atom stereocenters. The van der Waals surface area contributed by atoms with Gasteiger partial charge in [-0.3, -0.25) is 0 Å². The zero-order valence-corrected chi connectivity index (χ0v) is 18.6. The van der Waals surface area contributed by atoms with Gasteiger partial charge in [-0.25, -0.2) is 0 Å². The number of benzene rings is 4. The van der Waals surface area contributed by atoms with Gasteiger partial charge >= 0.3 is 175 Å². The molecule has 0 aromatic heterocycles. The first kappa shape index (κ1) is 19.7. The van der Waals surface area contributed by atoms with E-state index < -0.39 is 22.5 Å². The van der Waals surface area contributed by atoms with Gasteiger partial charge in [0.05, 0.1) is 0 Å². The molecule has 0 aliphatic heterocycles. The predicted octanol–water partition coefficient (Wildman–Crippen LogP) is 1.31. The van der Waals surface area contributed by atoms with Gasteiger partial charge in [-0.1, -0.05) is 0 Å². The van der Waals surface area contributed by atoms with Crippen molar-refractivity contribution in [3.8, 4) is 0 Å². The Morgan fingerprint density at radius 1 is 0.552 bits per heavy atom. The van der Waals surface area contributed by atoms with Crippen molar-refractivity contribution in [2.45, 2.75) is 0 Å². The standard InChI is InChI=1S/C24H21AsO3Si/c26-25(27,21-13-5-1-6-14-21)28-29(22-15-7-2-8-16-22,23-17-9-3-10-18-23)24-19-11-4-12-20-24/h1-20H,(H,26,27)/p-1. The molecule has 0 amide bonds. The maximum absolute atomic E-state index is 13.5. The zero-order chi connectivity index (χ0) is 20.2. The van der Waals surface area contributed by atoms with Crippen LogP contribution in [0.4, 0.5) is 0 Å². The molecular weight excluding hydrogens is 439 g/mol. The second-order valence-corrected chi connectivity index (χ2v) is 14.3. The average molecular weight is 459 g/mol. The molecule has 0 N–H and O–H groups in total. The van der Waals surface area contributed by atoms with E-state index >= 15 is 0 Å². The molecule has 0 aliphatic rings. The van der Waals surface area contributed by atoms with E-state index in [2.05, 4.69) is 0 Å². The quantitative estimate of drug-likeness (QED) is 0.323. The summed E-state index contributed by atoms with van der Waals surface area (Å²) in [6, 6.07) is 37.6. The van der Waals surface area contributed by atoms with Gasteiger partial charge in [0.15, 0.2) is 0 Å². The minimum absolute atomic E-state index is 0.241. The summed E-state index contributed by atoms with van der Waals surface area (Å²) in [7, 11) is -3.29. The van der Waals surface area contributed by atoms with Crippen LogP contribution in [0.3, 0.4) is 0 Å². The van der Waals surface area contributed by atoms with E-state index in [1.165, 1.54) is 0 Å². The van der Waals surface area contributed by atoms with Crippen LogP contribution in [0.1, 0.15) is 0 Å². The van der Waals surface area contributed by atoms with E-state index in [-0.39, 0.29) is 4.35 Å². The van der Waals surface area contributed by atoms with Crippen molar-refractivity contribution in [3.63, 3.8) is 0 Å². The third kappa shape index (κ3) is 3.93. The Bertz CT molecular complexity index is 1010. The number of rotatable bonds is 6. The van der Waals surface area contributed by atoms with E-state index in [0.29, 0.717) is 0 Å². The molecule has 29 heavy (non-hydrogen) atoms. The van der Waals surface area contributed by atoms with Crippen molar-refractivity contribution >= 4 is 42.4 Å². The Morgan fingerprint density at radius 2 is 0.862 bits per heavy atom. The monoisotopic (exact) mass is 459 g/mol. The summed E-state index contributed by atoms with van der Waals surface area (Å²) in [4.78, 5) is 0. The second kappa shape index (κ2) is 8.40. The maximum atomic E-state index is 13.5. The summed E-state index contributed by atoms with van der Waals surface area (Å²) in [6.45, 7) is 0. The molecule has 0 spiro atoms. The molecule has 4 rings (SSSR count). The van der Waals surface area contributed by atoms with Crippen LogP contribution >= 0.6 is 0 Å². The van der Waals surface area contributed by atoms with Crippen molar-refractivity contribution in [2.75, 3.05) is 0 Å². The van der Waals surface area contributed by atoms with Crippen LogP contribution in [0.5, 0.6) is 0 Å². The third-order valence-corrected chi connectivity index (χ3v) is 14.0. The third-order valence-electron chi connectivity index (χ3n) is 4.87. The van der Waals surface area contributed by atoms with Crippen molar-refractivity contribution in [1.29, 1.82) is 0 Å². The minimum atomic E-state index is -5.12. The van der Waals surface area contributed by atoms with Crippen molar-refractivity contribution in [1.82, 2.24) is 0 Å². The Balaban J connectivity index is 1.99. The average Bonchev–Trinajstić information content (AvgIpc) is 2.80. The predicted molar refractivity (Wildman–Crippen MR) is 118 cm³/mol. The first-order valence-electron chi connectivity index (χ1n) is 9.37. The molecule has 5 heteroatoms. The summed E-state index contributed by atoms with van der Waals surface area (Å²) in [5, 5.41) is 2.68. The Kier molecular flexibility index (Phi) is 5.70. The van der Waals surface area contributed by atoms with Gasteiger partial charge in [0.2, 0.25) is 0 Å². The van der Waals surface area contributed by atoms with Gasteiger partial charge in [0.1, 0.15) is 0 Å². The molecule has 0 heterocycles. The van der Waals surface area contributed by atoms with Crippen LogP contribution in [0.25, 0.3) is 0 Å². The molecule has 0 bridgehead atoms. The van der Waals surface area contributed by atoms with Crippen LogP contribution in [0.15, 0.2) is 121 Å². The van der Waals surface area contributed by atoms with Crippen LogP contribution in [-0.4, -0.2) is 22.5 Å². The van der Waals surface area contributed by atoms with E-state index in [1.54, 1.807) is 30.3 Å². The van der Waals surface area contributed by atoms with E-state index in [1.807, 2.05) is 91.0 Å². The van der Waals surface area contributed by atoms with Crippen LogP contribution in [0.2, 0.25) is 0 Å². The van der Waals surface area contributed by atoms with Crippen molar-refractivity contribution in [2.24, 2.45) is 0 Å². The fourth-order valence-corrected chi connectivity index (χ4v) is 13.3. The van der Waals surface area contributed by atoms with E-state index in [0.717, 1.165) is 15.6 Å². The number of hydrogen-bond donors (Lipinski definition) is 0. The Morgan fingerprint density at radius 3 is 1.21 bits per heavy atom. The molecule has 4 aromatic rings. The first-order chi connectivity index (χ1) is 14.1. The van der Waals surface area contributed by atoms with Gasteiger partial charge in [-0.15, -0.1) is 0 Å². The van der Waals surface area contributed by atoms with Gasteiger partial charge in [-0.2, -0.15) is 0 Å². The molecule has 0 fully saturated rings. The topological polar surface area (TPSA) is 49.4 Å². The molecular formula is C24H20AsO3Si-. The summed E-state index contributed by atoms with van der Waals surface area (Å²) < 4.78 is 33.5. The van der Waals surface area contributed by atoms with Gasteiger partial charge in [-0.05, 0) is 0 Å². The fourth-order valence-electron chi connectivity index (χ4n) is 3.52. The molecule has 0 radical (unpaired) electrons. The van der Waals surface area contributed by atoms with E-state index in [9.17, 15) is 7.84 Å². The normalized spacial score (nSPS) is 13.6. The molecule has 0 saturated heterocycles. The zero-order valence-electron chi connectivity index (χ0n) is 15.7. The summed E-state index contributed by atoms with van der Waals surface area (Å²) in [5.41, 5.74) is 0. The van der Waals surface area contributed by atoms with Crippen LogP contribution in [0, 0.1) is 0 Å². The van der Waals surface area contributed by atoms with Gasteiger partial charge in [0, 0.05) is 0 Å². The summed E-state index contributed by atoms with van der Waals surface area (Å²) >= 11 is -5.12. The van der Waals surface area contributed by atoms with Gasteiger partial charge < -0.3 is 0 Å². The number of hydrogen-bond acceptors (Lipinski definition) is 3. The molecule has 1 atom stereocenters.